The maximum atomic E-state index is 12.2. The van der Waals surface area contributed by atoms with Gasteiger partial charge in [0.1, 0.15) is 5.92 Å². The third kappa shape index (κ3) is 3.91. The van der Waals surface area contributed by atoms with E-state index in [4.69, 9.17) is 4.74 Å². The van der Waals surface area contributed by atoms with Gasteiger partial charge in [-0.2, -0.15) is 5.26 Å². The number of carbonyl (C=O) groups excluding carboxylic acids is 1. The lowest BCUT2D eigenvalue weighted by atomic mass is 9.91. The molecule has 2 rings (SSSR count). The van der Waals surface area contributed by atoms with E-state index in [2.05, 4.69) is 6.07 Å². The first-order valence-electron chi connectivity index (χ1n) is 7.31. The molecule has 1 heterocycles. The highest BCUT2D eigenvalue weighted by Gasteiger charge is 2.22. The predicted molar refractivity (Wildman–Crippen MR) is 77.4 cm³/mol. The predicted octanol–water partition coefficient (Wildman–Crippen LogP) is 3.52. The van der Waals surface area contributed by atoms with Crippen LogP contribution < -0.4 is 0 Å². The van der Waals surface area contributed by atoms with Crippen LogP contribution in [0, 0.1) is 18.3 Å². The normalized spacial score (nSPS) is 20.1. The Morgan fingerprint density at radius 2 is 2.15 bits per heavy atom. The van der Waals surface area contributed by atoms with Gasteiger partial charge in [0, 0.05) is 13.0 Å². The molecule has 3 nitrogen and oxygen atoms in total. The number of ketones is 1. The van der Waals surface area contributed by atoms with Crippen LogP contribution in [0.3, 0.4) is 0 Å². The highest BCUT2D eigenvalue weighted by Crippen LogP contribution is 2.22. The molecule has 0 aromatic heterocycles. The Morgan fingerprint density at radius 1 is 1.40 bits per heavy atom. The molecule has 2 unspecified atom stereocenters. The molecule has 20 heavy (non-hydrogen) atoms. The molecule has 0 N–H and O–H groups in total. The SMILES string of the molecule is Cc1ccc(C(C#N)C(=O)CCC2CCCCO2)cc1. The number of carbonyl (C=O) groups is 1. The summed E-state index contributed by atoms with van der Waals surface area (Å²) in [5.41, 5.74) is 1.93. The molecule has 0 saturated carbocycles. The van der Waals surface area contributed by atoms with E-state index in [9.17, 15) is 10.1 Å². The number of nitrogens with zero attached hydrogens (tertiary/aromatic N) is 1. The molecule has 1 aliphatic heterocycles. The zero-order chi connectivity index (χ0) is 14.4. The summed E-state index contributed by atoms with van der Waals surface area (Å²) in [6.07, 6.45) is 4.70. The lowest BCUT2D eigenvalue weighted by Gasteiger charge is -2.22. The average molecular weight is 271 g/mol. The molecule has 1 aliphatic rings. The molecule has 0 aliphatic carbocycles. The van der Waals surface area contributed by atoms with Crippen LogP contribution in [0.5, 0.6) is 0 Å². The van der Waals surface area contributed by atoms with Crippen molar-refractivity contribution in [3.05, 3.63) is 35.4 Å². The van der Waals surface area contributed by atoms with E-state index in [1.165, 1.54) is 6.42 Å². The van der Waals surface area contributed by atoms with E-state index in [1.54, 1.807) is 0 Å². The Balaban J connectivity index is 1.92. The molecule has 1 aromatic rings. The average Bonchev–Trinajstić information content (AvgIpc) is 2.49. The third-order valence-electron chi connectivity index (χ3n) is 3.85. The second kappa shape index (κ2) is 7.21. The summed E-state index contributed by atoms with van der Waals surface area (Å²) in [5, 5.41) is 9.25. The van der Waals surface area contributed by atoms with Crippen molar-refractivity contribution in [2.45, 2.75) is 51.0 Å². The number of nitriles is 1. The maximum absolute atomic E-state index is 12.2. The smallest absolute Gasteiger partial charge is 0.154 e. The van der Waals surface area contributed by atoms with Crippen LogP contribution in [-0.2, 0) is 9.53 Å². The minimum atomic E-state index is -0.640. The van der Waals surface area contributed by atoms with Gasteiger partial charge in [0.15, 0.2) is 5.78 Å². The molecule has 3 heteroatoms. The minimum absolute atomic E-state index is 0.00512. The largest absolute Gasteiger partial charge is 0.378 e. The zero-order valence-electron chi connectivity index (χ0n) is 12.0. The molecular formula is C17H21NO2. The van der Waals surface area contributed by atoms with Crippen molar-refractivity contribution >= 4 is 5.78 Å². The lowest BCUT2D eigenvalue weighted by Crippen LogP contribution is -2.21. The Bertz CT molecular complexity index is 481. The van der Waals surface area contributed by atoms with Crippen molar-refractivity contribution in [3.63, 3.8) is 0 Å². The summed E-state index contributed by atoms with van der Waals surface area (Å²) in [5.74, 6) is -0.635. The van der Waals surface area contributed by atoms with Crippen molar-refractivity contribution in [3.8, 4) is 6.07 Å². The third-order valence-corrected chi connectivity index (χ3v) is 3.85. The number of aryl methyl sites for hydroxylation is 1. The molecular weight excluding hydrogens is 250 g/mol. The van der Waals surface area contributed by atoms with Gasteiger partial charge in [0.2, 0.25) is 0 Å². The van der Waals surface area contributed by atoms with Crippen LogP contribution in [-0.4, -0.2) is 18.5 Å². The van der Waals surface area contributed by atoms with Gasteiger partial charge in [-0.1, -0.05) is 29.8 Å². The van der Waals surface area contributed by atoms with Crippen LogP contribution in [0.1, 0.15) is 49.1 Å². The van der Waals surface area contributed by atoms with Crippen LogP contribution in [0.15, 0.2) is 24.3 Å². The monoisotopic (exact) mass is 271 g/mol. The molecule has 0 radical (unpaired) electrons. The van der Waals surface area contributed by atoms with Gasteiger partial charge in [0.05, 0.1) is 12.2 Å². The highest BCUT2D eigenvalue weighted by atomic mass is 16.5. The van der Waals surface area contributed by atoms with Crippen molar-refractivity contribution in [1.29, 1.82) is 5.26 Å². The highest BCUT2D eigenvalue weighted by molar-refractivity contribution is 5.88. The number of ether oxygens (including phenoxy) is 1. The molecule has 0 amide bonds. The van der Waals surface area contributed by atoms with Gasteiger partial charge >= 0.3 is 0 Å². The Hall–Kier alpha value is -1.66. The number of rotatable bonds is 5. The second-order valence-corrected chi connectivity index (χ2v) is 5.47. The number of Topliss-reactive ketones (excluding diaryl/α,β-unsaturated/α-hetero) is 1. The van der Waals surface area contributed by atoms with E-state index < -0.39 is 5.92 Å². The summed E-state index contributed by atoms with van der Waals surface area (Å²) in [7, 11) is 0. The molecule has 106 valence electrons. The van der Waals surface area contributed by atoms with Gasteiger partial charge in [-0.15, -0.1) is 0 Å². The second-order valence-electron chi connectivity index (χ2n) is 5.47. The summed E-state index contributed by atoms with van der Waals surface area (Å²) < 4.78 is 5.63. The molecule has 1 aromatic carbocycles. The van der Waals surface area contributed by atoms with Gasteiger partial charge in [-0.3, -0.25) is 4.79 Å². The summed E-state index contributed by atoms with van der Waals surface area (Å²) in [6.45, 7) is 2.80. The van der Waals surface area contributed by atoms with Gasteiger partial charge < -0.3 is 4.74 Å². The van der Waals surface area contributed by atoms with E-state index in [0.717, 1.165) is 37.0 Å². The summed E-state index contributed by atoms with van der Waals surface area (Å²) in [6, 6.07) is 9.76. The van der Waals surface area contributed by atoms with Gasteiger partial charge in [-0.25, -0.2) is 0 Å². The standard InChI is InChI=1S/C17H21NO2/c1-13-5-7-14(8-6-13)16(12-18)17(19)10-9-15-4-2-3-11-20-15/h5-8,15-16H,2-4,9-11H2,1H3. The molecule has 0 bridgehead atoms. The van der Waals surface area contributed by atoms with Gasteiger partial charge in [0.25, 0.3) is 0 Å². The molecule has 1 saturated heterocycles. The Morgan fingerprint density at radius 3 is 2.75 bits per heavy atom. The van der Waals surface area contributed by atoms with Crippen molar-refractivity contribution in [1.82, 2.24) is 0 Å². The molecule has 2 atom stereocenters. The molecule has 1 fully saturated rings. The van der Waals surface area contributed by atoms with E-state index >= 15 is 0 Å². The fraction of sp³-hybridized carbons (Fsp3) is 0.529. The first kappa shape index (κ1) is 14.7. The van der Waals surface area contributed by atoms with Crippen LogP contribution >= 0.6 is 0 Å². The van der Waals surface area contributed by atoms with Crippen LogP contribution in [0.2, 0.25) is 0 Å². The summed E-state index contributed by atoms with van der Waals surface area (Å²) in [4.78, 5) is 12.2. The fourth-order valence-corrected chi connectivity index (χ4v) is 2.57. The van der Waals surface area contributed by atoms with Crippen molar-refractivity contribution in [2.24, 2.45) is 0 Å². The first-order chi connectivity index (χ1) is 9.70. The molecule has 0 spiro atoms. The number of hydrogen-bond donors (Lipinski definition) is 0. The van der Waals surface area contributed by atoms with E-state index in [0.29, 0.717) is 6.42 Å². The van der Waals surface area contributed by atoms with E-state index in [1.807, 2.05) is 31.2 Å². The maximum Gasteiger partial charge on any atom is 0.154 e. The lowest BCUT2D eigenvalue weighted by molar-refractivity contribution is -0.120. The summed E-state index contributed by atoms with van der Waals surface area (Å²) >= 11 is 0. The van der Waals surface area contributed by atoms with Crippen LogP contribution in [0.4, 0.5) is 0 Å². The van der Waals surface area contributed by atoms with Gasteiger partial charge in [-0.05, 0) is 38.2 Å². The zero-order valence-corrected chi connectivity index (χ0v) is 12.0. The van der Waals surface area contributed by atoms with Crippen molar-refractivity contribution < 1.29 is 9.53 Å². The quantitative estimate of drug-likeness (QED) is 0.823. The fourth-order valence-electron chi connectivity index (χ4n) is 2.57. The van der Waals surface area contributed by atoms with E-state index in [-0.39, 0.29) is 11.9 Å². The first-order valence-corrected chi connectivity index (χ1v) is 7.31. The topological polar surface area (TPSA) is 50.1 Å². The Labute approximate surface area is 120 Å². The van der Waals surface area contributed by atoms with Crippen LogP contribution in [0.25, 0.3) is 0 Å². The van der Waals surface area contributed by atoms with Crippen molar-refractivity contribution in [2.75, 3.05) is 6.61 Å². The minimum Gasteiger partial charge on any atom is -0.378 e. The number of hydrogen-bond acceptors (Lipinski definition) is 3. The number of benzene rings is 1. The Kier molecular flexibility index (Phi) is 5.31.